The first-order valence-electron chi connectivity index (χ1n) is 7.17. The number of thioether (sulfide) groups is 1. The van der Waals surface area contributed by atoms with Gasteiger partial charge in [-0.15, -0.1) is 0 Å². The van der Waals surface area contributed by atoms with Gasteiger partial charge in [0, 0.05) is 25.1 Å². The van der Waals surface area contributed by atoms with Gasteiger partial charge in [-0.2, -0.15) is 0 Å². The summed E-state index contributed by atoms with van der Waals surface area (Å²) in [5, 5.41) is 0.0570. The van der Waals surface area contributed by atoms with Gasteiger partial charge in [-0.25, -0.2) is 0 Å². The summed E-state index contributed by atoms with van der Waals surface area (Å²) in [4.78, 5) is 19.6. The molecule has 5 nitrogen and oxygen atoms in total. The Morgan fingerprint density at radius 1 is 1.27 bits per heavy atom. The summed E-state index contributed by atoms with van der Waals surface area (Å²) in [6.07, 6.45) is 6.80. The van der Waals surface area contributed by atoms with Crippen LogP contribution in [0.5, 0.6) is 0 Å². The van der Waals surface area contributed by atoms with Crippen molar-refractivity contribution in [2.24, 2.45) is 0 Å². The molecule has 1 saturated heterocycles. The summed E-state index contributed by atoms with van der Waals surface area (Å²) < 4.78 is 12.1. The van der Waals surface area contributed by atoms with E-state index in [0.717, 1.165) is 11.2 Å². The van der Waals surface area contributed by atoms with E-state index in [1.807, 2.05) is 33.8 Å². The molecule has 0 N–H and O–H groups in total. The van der Waals surface area contributed by atoms with Gasteiger partial charge in [0.15, 0.2) is 5.12 Å². The van der Waals surface area contributed by atoms with Crippen LogP contribution in [0.15, 0.2) is 24.1 Å². The molecule has 1 aromatic heterocycles. The molecule has 0 amide bonds. The SMILES string of the molecule is CC(=O)SCC(=Cc1cnccn1)B1OC(C)(C)C(C)(C)O1. The number of aromatic nitrogens is 2. The average molecular weight is 320 g/mol. The van der Waals surface area contributed by atoms with E-state index < -0.39 is 18.3 Å². The van der Waals surface area contributed by atoms with Crippen molar-refractivity contribution in [3.63, 3.8) is 0 Å². The van der Waals surface area contributed by atoms with Gasteiger partial charge in [-0.05, 0) is 39.2 Å². The van der Waals surface area contributed by atoms with Crippen molar-refractivity contribution in [1.82, 2.24) is 9.97 Å². The molecule has 0 bridgehead atoms. The van der Waals surface area contributed by atoms with Crippen LogP contribution in [-0.2, 0) is 14.1 Å². The average Bonchev–Trinajstić information content (AvgIpc) is 2.64. The third-order valence-corrected chi connectivity index (χ3v) is 4.80. The van der Waals surface area contributed by atoms with E-state index >= 15 is 0 Å². The smallest absolute Gasteiger partial charge is 0.400 e. The Bertz CT molecular complexity index is 559. The molecule has 1 aliphatic rings. The highest BCUT2D eigenvalue weighted by molar-refractivity contribution is 8.13. The summed E-state index contributed by atoms with van der Waals surface area (Å²) in [7, 11) is -0.487. The van der Waals surface area contributed by atoms with Crippen LogP contribution in [0.1, 0.15) is 40.3 Å². The quantitative estimate of drug-likeness (QED) is 0.795. The van der Waals surface area contributed by atoms with Crippen molar-refractivity contribution in [1.29, 1.82) is 0 Å². The Kier molecular flexibility index (Phi) is 5.09. The first-order valence-corrected chi connectivity index (χ1v) is 8.15. The Balaban J connectivity index is 2.26. The van der Waals surface area contributed by atoms with Crippen LogP contribution in [0.3, 0.4) is 0 Å². The fourth-order valence-electron chi connectivity index (χ4n) is 1.93. The fourth-order valence-corrected chi connectivity index (χ4v) is 2.52. The molecular weight excluding hydrogens is 299 g/mol. The standard InChI is InChI=1S/C15H21BN2O3S/c1-11(19)22-10-12(8-13-9-17-6-7-18-13)16-20-14(2,3)15(4,5)21-16/h6-9H,10H2,1-5H3. The second-order valence-corrected chi connectivity index (χ2v) is 7.37. The minimum absolute atomic E-state index is 0.0570. The zero-order valence-corrected chi connectivity index (χ0v) is 14.4. The van der Waals surface area contributed by atoms with Gasteiger partial charge in [0.1, 0.15) is 0 Å². The van der Waals surface area contributed by atoms with Crippen LogP contribution in [-0.4, -0.2) is 39.2 Å². The van der Waals surface area contributed by atoms with Gasteiger partial charge < -0.3 is 9.31 Å². The number of hydrogen-bond acceptors (Lipinski definition) is 6. The van der Waals surface area contributed by atoms with Crippen LogP contribution < -0.4 is 0 Å². The van der Waals surface area contributed by atoms with Gasteiger partial charge in [0.2, 0.25) is 0 Å². The predicted molar refractivity (Wildman–Crippen MR) is 89.2 cm³/mol. The Labute approximate surface area is 136 Å². The summed E-state index contributed by atoms with van der Waals surface area (Å²) in [5.41, 5.74) is 0.760. The van der Waals surface area contributed by atoms with Gasteiger partial charge in [-0.3, -0.25) is 14.8 Å². The molecule has 1 aromatic rings. The minimum atomic E-state index is -0.487. The van der Waals surface area contributed by atoms with Crippen LogP contribution in [0.25, 0.3) is 6.08 Å². The third-order valence-electron chi connectivity index (χ3n) is 3.91. The van der Waals surface area contributed by atoms with E-state index in [1.54, 1.807) is 25.5 Å². The first-order chi connectivity index (χ1) is 10.2. The Morgan fingerprint density at radius 3 is 2.41 bits per heavy atom. The second-order valence-electron chi connectivity index (χ2n) is 6.22. The first kappa shape index (κ1) is 17.2. The molecule has 0 saturated carbocycles. The van der Waals surface area contributed by atoms with Crippen LogP contribution in [0.4, 0.5) is 0 Å². The lowest BCUT2D eigenvalue weighted by atomic mass is 9.78. The highest BCUT2D eigenvalue weighted by Crippen LogP contribution is 2.39. The molecule has 22 heavy (non-hydrogen) atoms. The predicted octanol–water partition coefficient (Wildman–Crippen LogP) is 2.77. The van der Waals surface area contributed by atoms with Crippen LogP contribution >= 0.6 is 11.8 Å². The summed E-state index contributed by atoms with van der Waals surface area (Å²) in [5.74, 6) is 0.503. The lowest BCUT2D eigenvalue weighted by Gasteiger charge is -2.32. The normalized spacial score (nSPS) is 20.2. The Hall–Kier alpha value is -1.18. The molecule has 1 aliphatic heterocycles. The molecule has 0 spiro atoms. The molecule has 118 valence electrons. The molecule has 2 rings (SSSR count). The summed E-state index contributed by atoms with van der Waals surface area (Å²) in [6.45, 7) is 9.57. The van der Waals surface area contributed by atoms with Crippen molar-refractivity contribution in [2.75, 3.05) is 5.75 Å². The summed E-state index contributed by atoms with van der Waals surface area (Å²) in [6, 6.07) is 0. The van der Waals surface area contributed by atoms with Crippen molar-refractivity contribution >= 4 is 30.1 Å². The molecular formula is C15H21BN2O3S. The number of rotatable bonds is 4. The molecule has 0 atom stereocenters. The maximum absolute atomic E-state index is 11.3. The maximum atomic E-state index is 11.3. The van der Waals surface area contributed by atoms with Crippen molar-refractivity contribution < 1.29 is 14.1 Å². The highest BCUT2D eigenvalue weighted by Gasteiger charge is 2.52. The molecule has 0 aromatic carbocycles. The molecule has 0 radical (unpaired) electrons. The molecule has 0 aliphatic carbocycles. The highest BCUT2D eigenvalue weighted by atomic mass is 32.2. The van der Waals surface area contributed by atoms with Gasteiger partial charge >= 0.3 is 7.12 Å². The largest absolute Gasteiger partial charge is 0.491 e. The van der Waals surface area contributed by atoms with E-state index in [1.165, 1.54) is 11.8 Å². The Morgan fingerprint density at radius 2 is 1.91 bits per heavy atom. The van der Waals surface area contributed by atoms with Gasteiger partial charge in [-0.1, -0.05) is 11.8 Å². The van der Waals surface area contributed by atoms with E-state index in [4.69, 9.17) is 9.31 Å². The number of carbonyl (C=O) groups excluding carboxylic acids is 1. The summed E-state index contributed by atoms with van der Waals surface area (Å²) >= 11 is 1.23. The zero-order valence-electron chi connectivity index (χ0n) is 13.6. The van der Waals surface area contributed by atoms with Crippen molar-refractivity contribution in [2.45, 2.75) is 45.8 Å². The van der Waals surface area contributed by atoms with E-state index in [9.17, 15) is 4.79 Å². The van der Waals surface area contributed by atoms with Gasteiger partial charge in [0.05, 0.1) is 23.1 Å². The lowest BCUT2D eigenvalue weighted by molar-refractivity contribution is -0.109. The zero-order chi connectivity index (χ0) is 16.4. The number of carbonyl (C=O) groups is 1. The topological polar surface area (TPSA) is 61.3 Å². The molecule has 2 heterocycles. The molecule has 0 unspecified atom stereocenters. The fraction of sp³-hybridized carbons (Fsp3) is 0.533. The number of hydrogen-bond donors (Lipinski definition) is 0. The molecule has 1 fully saturated rings. The van der Waals surface area contributed by atoms with Gasteiger partial charge in [0.25, 0.3) is 0 Å². The monoisotopic (exact) mass is 320 g/mol. The maximum Gasteiger partial charge on any atom is 0.491 e. The van der Waals surface area contributed by atoms with Crippen LogP contribution in [0.2, 0.25) is 0 Å². The molecule has 7 heteroatoms. The van der Waals surface area contributed by atoms with Crippen molar-refractivity contribution in [3.8, 4) is 0 Å². The minimum Gasteiger partial charge on any atom is -0.400 e. The van der Waals surface area contributed by atoms with E-state index in [2.05, 4.69) is 9.97 Å². The van der Waals surface area contributed by atoms with Crippen LogP contribution in [0, 0.1) is 0 Å². The van der Waals surface area contributed by atoms with E-state index in [0.29, 0.717) is 5.75 Å². The lowest BCUT2D eigenvalue weighted by Crippen LogP contribution is -2.41. The second kappa shape index (κ2) is 6.52. The number of nitrogens with zero attached hydrogens (tertiary/aromatic N) is 2. The van der Waals surface area contributed by atoms with E-state index in [-0.39, 0.29) is 5.12 Å². The third kappa shape index (κ3) is 3.97. The van der Waals surface area contributed by atoms with Crippen molar-refractivity contribution in [3.05, 3.63) is 29.8 Å².